The molecule has 0 heterocycles. The fraction of sp³-hybridized carbons (Fsp3) is 0.500. The van der Waals surface area contributed by atoms with Gasteiger partial charge in [0.05, 0.1) is 12.0 Å². The van der Waals surface area contributed by atoms with E-state index < -0.39 is 24.0 Å². The van der Waals surface area contributed by atoms with E-state index in [1.54, 1.807) is 0 Å². The average molecular weight is 306 g/mol. The number of hydrogen-bond acceptors (Lipinski definition) is 4. The molecule has 0 bridgehead atoms. The number of amides is 2. The quantitative estimate of drug-likeness (QED) is 0.477. The van der Waals surface area contributed by atoms with Crippen LogP contribution in [0.1, 0.15) is 36.8 Å². The van der Waals surface area contributed by atoms with Gasteiger partial charge >= 0.3 is 0 Å². The molecule has 2 rings (SSSR count). The van der Waals surface area contributed by atoms with E-state index in [4.69, 9.17) is 5.21 Å². The molecule has 2 amide bonds. The van der Waals surface area contributed by atoms with Crippen molar-refractivity contribution in [2.24, 2.45) is 0 Å². The summed E-state index contributed by atoms with van der Waals surface area (Å²) >= 11 is 0. The van der Waals surface area contributed by atoms with Crippen molar-refractivity contribution in [3.8, 4) is 0 Å². The number of aliphatic hydroxyl groups is 1. The standard InChI is InChI=1S/C16H22N2O4/c1-11-4-6-12(7-5-11)16(8-2-3-9-16)15(21)17-13(10-19)14(20)18-22/h4-7,13,19,22H,2-3,8-10H2,1H3,(H,17,21)(H,18,20). The van der Waals surface area contributed by atoms with E-state index in [0.29, 0.717) is 12.8 Å². The van der Waals surface area contributed by atoms with Gasteiger partial charge in [-0.15, -0.1) is 0 Å². The Morgan fingerprint density at radius 1 is 1.23 bits per heavy atom. The maximum Gasteiger partial charge on any atom is 0.268 e. The largest absolute Gasteiger partial charge is 0.394 e. The highest BCUT2D eigenvalue weighted by Gasteiger charge is 2.43. The van der Waals surface area contributed by atoms with Crippen LogP contribution in [0.15, 0.2) is 24.3 Å². The van der Waals surface area contributed by atoms with Crippen molar-refractivity contribution in [3.05, 3.63) is 35.4 Å². The number of rotatable bonds is 5. The van der Waals surface area contributed by atoms with Crippen LogP contribution in [-0.2, 0) is 15.0 Å². The minimum absolute atomic E-state index is 0.281. The van der Waals surface area contributed by atoms with Gasteiger partial charge in [0.1, 0.15) is 6.04 Å². The van der Waals surface area contributed by atoms with Gasteiger partial charge in [0.25, 0.3) is 5.91 Å². The van der Waals surface area contributed by atoms with Crippen LogP contribution >= 0.6 is 0 Å². The third-order valence-corrected chi connectivity index (χ3v) is 4.41. The molecule has 0 aliphatic heterocycles. The summed E-state index contributed by atoms with van der Waals surface area (Å²) in [5.74, 6) is -1.11. The molecule has 1 unspecified atom stereocenters. The fourth-order valence-electron chi connectivity index (χ4n) is 3.07. The Kier molecular flexibility index (Phi) is 5.15. The SMILES string of the molecule is Cc1ccc(C2(C(=O)NC(CO)C(=O)NO)CCCC2)cc1. The molecule has 6 nitrogen and oxygen atoms in total. The summed E-state index contributed by atoms with van der Waals surface area (Å²) < 4.78 is 0. The Labute approximate surface area is 129 Å². The molecule has 1 aliphatic rings. The predicted molar refractivity (Wildman–Crippen MR) is 80.3 cm³/mol. The second kappa shape index (κ2) is 6.89. The molecule has 120 valence electrons. The van der Waals surface area contributed by atoms with Crippen LogP contribution < -0.4 is 10.8 Å². The van der Waals surface area contributed by atoms with Crippen LogP contribution in [0, 0.1) is 6.92 Å². The number of hydroxylamine groups is 1. The summed E-state index contributed by atoms with van der Waals surface area (Å²) in [5, 5.41) is 20.4. The second-order valence-electron chi connectivity index (χ2n) is 5.84. The molecule has 1 aliphatic carbocycles. The summed E-state index contributed by atoms with van der Waals surface area (Å²) in [6, 6.07) is 6.67. The molecule has 0 saturated heterocycles. The third-order valence-electron chi connectivity index (χ3n) is 4.41. The summed E-state index contributed by atoms with van der Waals surface area (Å²) in [5.41, 5.74) is 2.83. The highest BCUT2D eigenvalue weighted by Crippen LogP contribution is 2.41. The smallest absolute Gasteiger partial charge is 0.268 e. The van der Waals surface area contributed by atoms with Gasteiger partial charge in [-0.05, 0) is 25.3 Å². The third kappa shape index (κ3) is 3.13. The molecule has 1 atom stereocenters. The molecule has 0 spiro atoms. The number of carbonyl (C=O) groups is 2. The lowest BCUT2D eigenvalue weighted by atomic mass is 9.77. The van der Waals surface area contributed by atoms with Crippen molar-refractivity contribution in [1.82, 2.24) is 10.8 Å². The molecule has 1 saturated carbocycles. The average Bonchev–Trinajstić information content (AvgIpc) is 3.03. The van der Waals surface area contributed by atoms with Gasteiger partial charge < -0.3 is 10.4 Å². The molecule has 1 fully saturated rings. The van der Waals surface area contributed by atoms with E-state index in [0.717, 1.165) is 24.0 Å². The topological polar surface area (TPSA) is 98.7 Å². The first-order chi connectivity index (χ1) is 10.5. The van der Waals surface area contributed by atoms with Gasteiger partial charge in [-0.2, -0.15) is 0 Å². The summed E-state index contributed by atoms with van der Waals surface area (Å²) in [7, 11) is 0. The van der Waals surface area contributed by atoms with Crippen LogP contribution in [-0.4, -0.2) is 34.8 Å². The molecular formula is C16H22N2O4. The fourth-order valence-corrected chi connectivity index (χ4v) is 3.07. The first-order valence-corrected chi connectivity index (χ1v) is 7.46. The van der Waals surface area contributed by atoms with Gasteiger partial charge in [0, 0.05) is 0 Å². The number of aliphatic hydroxyl groups excluding tert-OH is 1. The van der Waals surface area contributed by atoms with Crippen LogP contribution in [0.4, 0.5) is 0 Å². The minimum atomic E-state index is -1.15. The van der Waals surface area contributed by atoms with Gasteiger partial charge in [-0.25, -0.2) is 5.48 Å². The molecular weight excluding hydrogens is 284 g/mol. The van der Waals surface area contributed by atoms with E-state index in [9.17, 15) is 14.7 Å². The number of nitrogens with one attached hydrogen (secondary N) is 2. The van der Waals surface area contributed by atoms with Gasteiger partial charge in [-0.3, -0.25) is 14.8 Å². The Morgan fingerprint density at radius 3 is 2.32 bits per heavy atom. The normalized spacial score (nSPS) is 17.8. The number of hydrogen-bond donors (Lipinski definition) is 4. The number of carbonyl (C=O) groups excluding carboxylic acids is 2. The van der Waals surface area contributed by atoms with Gasteiger partial charge in [-0.1, -0.05) is 42.7 Å². The lowest BCUT2D eigenvalue weighted by Gasteiger charge is -2.30. The monoisotopic (exact) mass is 306 g/mol. The zero-order chi connectivity index (χ0) is 16.2. The zero-order valence-corrected chi connectivity index (χ0v) is 12.6. The highest BCUT2D eigenvalue weighted by molar-refractivity contribution is 5.93. The first kappa shape index (κ1) is 16.5. The van der Waals surface area contributed by atoms with E-state index in [2.05, 4.69) is 5.32 Å². The first-order valence-electron chi connectivity index (χ1n) is 7.46. The van der Waals surface area contributed by atoms with Crippen molar-refractivity contribution in [2.75, 3.05) is 6.61 Å². The maximum absolute atomic E-state index is 12.8. The minimum Gasteiger partial charge on any atom is -0.394 e. The van der Waals surface area contributed by atoms with Crippen LogP contribution in [0.2, 0.25) is 0 Å². The number of benzene rings is 1. The van der Waals surface area contributed by atoms with Gasteiger partial charge in [0.15, 0.2) is 0 Å². The Hall–Kier alpha value is -1.92. The Morgan fingerprint density at radius 2 is 1.82 bits per heavy atom. The van der Waals surface area contributed by atoms with Gasteiger partial charge in [0.2, 0.25) is 5.91 Å². The van der Waals surface area contributed by atoms with E-state index in [-0.39, 0.29) is 5.91 Å². The lowest BCUT2D eigenvalue weighted by molar-refractivity contribution is -0.137. The van der Waals surface area contributed by atoms with Crippen molar-refractivity contribution in [2.45, 2.75) is 44.1 Å². The second-order valence-corrected chi connectivity index (χ2v) is 5.84. The molecule has 6 heteroatoms. The Bertz CT molecular complexity index is 536. The van der Waals surface area contributed by atoms with E-state index in [1.165, 1.54) is 5.48 Å². The molecule has 1 aromatic carbocycles. The van der Waals surface area contributed by atoms with Crippen molar-refractivity contribution in [1.29, 1.82) is 0 Å². The summed E-state index contributed by atoms with van der Waals surface area (Å²) in [6.07, 6.45) is 3.30. The lowest BCUT2D eigenvalue weighted by Crippen LogP contribution is -2.53. The Balaban J connectivity index is 2.25. The van der Waals surface area contributed by atoms with Crippen LogP contribution in [0.5, 0.6) is 0 Å². The maximum atomic E-state index is 12.8. The summed E-state index contributed by atoms with van der Waals surface area (Å²) in [4.78, 5) is 24.2. The zero-order valence-electron chi connectivity index (χ0n) is 12.6. The van der Waals surface area contributed by atoms with Crippen LogP contribution in [0.3, 0.4) is 0 Å². The van der Waals surface area contributed by atoms with E-state index in [1.807, 2.05) is 31.2 Å². The molecule has 0 radical (unpaired) electrons. The molecule has 1 aromatic rings. The van der Waals surface area contributed by atoms with Crippen molar-refractivity contribution >= 4 is 11.8 Å². The van der Waals surface area contributed by atoms with Crippen LogP contribution in [0.25, 0.3) is 0 Å². The molecule has 22 heavy (non-hydrogen) atoms. The number of aryl methyl sites for hydroxylation is 1. The van der Waals surface area contributed by atoms with E-state index >= 15 is 0 Å². The van der Waals surface area contributed by atoms with Crippen molar-refractivity contribution in [3.63, 3.8) is 0 Å². The highest BCUT2D eigenvalue weighted by atomic mass is 16.5. The molecule has 0 aromatic heterocycles. The molecule has 4 N–H and O–H groups in total. The summed E-state index contributed by atoms with van der Waals surface area (Å²) in [6.45, 7) is 1.42. The van der Waals surface area contributed by atoms with Crippen molar-refractivity contribution < 1.29 is 19.9 Å². The predicted octanol–water partition coefficient (Wildman–Crippen LogP) is 0.789.